The largest absolute Gasteiger partial charge is 0.507 e. The lowest BCUT2D eigenvalue weighted by molar-refractivity contribution is 0.0917. The highest BCUT2D eigenvalue weighted by Gasteiger charge is 2.20. The first-order chi connectivity index (χ1) is 16.5. The highest BCUT2D eigenvalue weighted by molar-refractivity contribution is 5.98. The number of H-pyrrole nitrogens is 1. The van der Waals surface area contributed by atoms with Gasteiger partial charge in [0.1, 0.15) is 11.6 Å². The second-order valence-corrected chi connectivity index (χ2v) is 8.66. The van der Waals surface area contributed by atoms with Gasteiger partial charge in [0, 0.05) is 23.4 Å². The van der Waals surface area contributed by atoms with Crippen LogP contribution >= 0.6 is 0 Å². The molecule has 0 bridgehead atoms. The van der Waals surface area contributed by atoms with Gasteiger partial charge in [-0.3, -0.25) is 4.79 Å². The van der Waals surface area contributed by atoms with E-state index in [0.29, 0.717) is 28.3 Å². The fourth-order valence-corrected chi connectivity index (χ4v) is 4.36. The van der Waals surface area contributed by atoms with Crippen LogP contribution in [-0.2, 0) is 0 Å². The molecule has 2 aromatic heterocycles. The fraction of sp³-hybridized carbons (Fsp3) is 0.269. The SMILES string of the molecule is COc1ncccc1-c1ccc(O)c(-c2nc3cc(C(=O)NC4CCN(C)CC4)ccc3[nH]2)c1. The maximum absolute atomic E-state index is 12.8. The van der Waals surface area contributed by atoms with Gasteiger partial charge < -0.3 is 25.0 Å². The molecule has 1 fully saturated rings. The molecular weight excluding hydrogens is 430 g/mol. The number of hydrogen-bond acceptors (Lipinski definition) is 6. The Hall–Kier alpha value is -3.91. The Bertz CT molecular complexity index is 1340. The third kappa shape index (κ3) is 4.32. The number of nitrogens with one attached hydrogen (secondary N) is 2. The highest BCUT2D eigenvalue weighted by Crippen LogP contribution is 2.35. The van der Waals surface area contributed by atoms with Gasteiger partial charge in [-0.25, -0.2) is 9.97 Å². The van der Waals surface area contributed by atoms with Crippen molar-refractivity contribution < 1.29 is 14.6 Å². The summed E-state index contributed by atoms with van der Waals surface area (Å²) < 4.78 is 5.38. The topological polar surface area (TPSA) is 103 Å². The molecule has 5 rings (SSSR count). The lowest BCUT2D eigenvalue weighted by Crippen LogP contribution is -2.43. The van der Waals surface area contributed by atoms with Gasteiger partial charge in [0.25, 0.3) is 5.91 Å². The minimum absolute atomic E-state index is 0.0884. The molecule has 4 aromatic rings. The first-order valence-corrected chi connectivity index (χ1v) is 11.3. The van der Waals surface area contributed by atoms with E-state index in [1.807, 2.05) is 30.3 Å². The summed E-state index contributed by atoms with van der Waals surface area (Å²) in [7, 11) is 3.68. The molecule has 34 heavy (non-hydrogen) atoms. The van der Waals surface area contributed by atoms with Crippen molar-refractivity contribution in [3.63, 3.8) is 0 Å². The average Bonchev–Trinajstić information content (AvgIpc) is 3.29. The summed E-state index contributed by atoms with van der Waals surface area (Å²) in [5.41, 5.74) is 4.23. The van der Waals surface area contributed by atoms with Gasteiger partial charge in [0.15, 0.2) is 0 Å². The molecule has 2 aromatic carbocycles. The molecular formula is C26H27N5O3. The van der Waals surface area contributed by atoms with E-state index in [1.165, 1.54) is 0 Å². The number of phenolic OH excluding ortho intramolecular Hbond substituents is 1. The van der Waals surface area contributed by atoms with Crippen LogP contribution in [-0.4, -0.2) is 64.2 Å². The van der Waals surface area contributed by atoms with Crippen molar-refractivity contribution >= 4 is 16.9 Å². The number of likely N-dealkylation sites (tertiary alicyclic amines) is 1. The molecule has 0 spiro atoms. The van der Waals surface area contributed by atoms with Gasteiger partial charge in [0.05, 0.1) is 23.7 Å². The molecule has 1 aliphatic rings. The monoisotopic (exact) mass is 457 g/mol. The van der Waals surface area contributed by atoms with Crippen molar-refractivity contribution in [3.8, 4) is 34.1 Å². The summed E-state index contributed by atoms with van der Waals surface area (Å²) >= 11 is 0. The first kappa shape index (κ1) is 21.9. The first-order valence-electron chi connectivity index (χ1n) is 11.3. The summed E-state index contributed by atoms with van der Waals surface area (Å²) in [6.45, 7) is 1.97. The zero-order chi connectivity index (χ0) is 23.7. The number of benzene rings is 2. The number of carbonyl (C=O) groups excluding carboxylic acids is 1. The molecule has 0 radical (unpaired) electrons. The van der Waals surface area contributed by atoms with E-state index in [9.17, 15) is 9.90 Å². The Balaban J connectivity index is 1.43. The molecule has 1 saturated heterocycles. The molecule has 0 atom stereocenters. The molecule has 174 valence electrons. The van der Waals surface area contributed by atoms with Crippen LogP contribution in [0.25, 0.3) is 33.5 Å². The number of pyridine rings is 1. The smallest absolute Gasteiger partial charge is 0.251 e. The number of methoxy groups -OCH3 is 1. The lowest BCUT2D eigenvalue weighted by atomic mass is 10.0. The van der Waals surface area contributed by atoms with E-state index < -0.39 is 0 Å². The third-order valence-electron chi connectivity index (χ3n) is 6.33. The molecule has 3 N–H and O–H groups in total. The molecule has 0 saturated carbocycles. The standard InChI is InChI=1S/C26H27N5O3/c1-31-12-9-18(10-13-31)28-25(33)17-5-7-21-22(15-17)30-24(29-21)20-14-16(6-8-23(20)32)19-4-3-11-27-26(19)34-2/h3-8,11,14-15,18,32H,9-10,12-13H2,1-2H3,(H,28,33)(H,29,30). The van der Waals surface area contributed by atoms with Gasteiger partial charge in [0.2, 0.25) is 5.88 Å². The predicted octanol–water partition coefficient (Wildman–Crippen LogP) is 3.83. The normalized spacial score (nSPS) is 14.9. The van der Waals surface area contributed by atoms with Gasteiger partial charge >= 0.3 is 0 Å². The molecule has 1 aliphatic heterocycles. The second-order valence-electron chi connectivity index (χ2n) is 8.66. The molecule has 0 unspecified atom stereocenters. The number of nitrogens with zero attached hydrogens (tertiary/aromatic N) is 3. The van der Waals surface area contributed by atoms with E-state index >= 15 is 0 Å². The number of carbonyl (C=O) groups is 1. The Morgan fingerprint density at radius 1 is 1.15 bits per heavy atom. The van der Waals surface area contributed by atoms with E-state index in [0.717, 1.165) is 42.6 Å². The van der Waals surface area contributed by atoms with E-state index in [-0.39, 0.29) is 17.7 Å². The van der Waals surface area contributed by atoms with Crippen LogP contribution in [0.4, 0.5) is 0 Å². The fourth-order valence-electron chi connectivity index (χ4n) is 4.36. The quantitative estimate of drug-likeness (QED) is 0.421. The van der Waals surface area contributed by atoms with Gasteiger partial charge in [-0.2, -0.15) is 0 Å². The molecule has 8 heteroatoms. The Morgan fingerprint density at radius 3 is 2.76 bits per heavy atom. The van der Waals surface area contributed by atoms with Crippen molar-refractivity contribution in [1.29, 1.82) is 0 Å². The average molecular weight is 458 g/mol. The van der Waals surface area contributed by atoms with Crippen LogP contribution in [0.5, 0.6) is 11.6 Å². The zero-order valence-electron chi connectivity index (χ0n) is 19.2. The lowest BCUT2D eigenvalue weighted by Gasteiger charge is -2.29. The number of rotatable bonds is 5. The van der Waals surface area contributed by atoms with Crippen molar-refractivity contribution in [3.05, 3.63) is 60.3 Å². The highest BCUT2D eigenvalue weighted by atomic mass is 16.5. The van der Waals surface area contributed by atoms with Crippen molar-refractivity contribution in [2.75, 3.05) is 27.2 Å². The molecule has 0 aliphatic carbocycles. The van der Waals surface area contributed by atoms with Crippen LogP contribution in [0.1, 0.15) is 23.2 Å². The summed E-state index contributed by atoms with van der Waals surface area (Å²) in [6, 6.07) is 14.7. The Labute approximate surface area is 197 Å². The Kier molecular flexibility index (Phi) is 5.90. The summed E-state index contributed by atoms with van der Waals surface area (Å²) in [4.78, 5) is 27.3. The van der Waals surface area contributed by atoms with Crippen molar-refractivity contribution in [2.45, 2.75) is 18.9 Å². The molecule has 8 nitrogen and oxygen atoms in total. The predicted molar refractivity (Wildman–Crippen MR) is 131 cm³/mol. The Morgan fingerprint density at radius 2 is 1.97 bits per heavy atom. The van der Waals surface area contributed by atoms with Gasteiger partial charge in [-0.05, 0) is 81.0 Å². The summed E-state index contributed by atoms with van der Waals surface area (Å²) in [5, 5.41) is 13.7. The summed E-state index contributed by atoms with van der Waals surface area (Å²) in [6.07, 6.45) is 3.58. The number of amides is 1. The third-order valence-corrected chi connectivity index (χ3v) is 6.33. The number of fused-ring (bicyclic) bond motifs is 1. The van der Waals surface area contributed by atoms with E-state index in [4.69, 9.17) is 4.74 Å². The number of aromatic hydroxyl groups is 1. The molecule has 3 heterocycles. The second kappa shape index (κ2) is 9.15. The van der Waals surface area contributed by atoms with E-state index in [1.54, 1.807) is 31.5 Å². The summed E-state index contributed by atoms with van der Waals surface area (Å²) in [5.74, 6) is 1.04. The maximum Gasteiger partial charge on any atom is 0.251 e. The van der Waals surface area contributed by atoms with Gasteiger partial charge in [-0.1, -0.05) is 6.07 Å². The van der Waals surface area contributed by atoms with Crippen molar-refractivity contribution in [2.24, 2.45) is 0 Å². The van der Waals surface area contributed by atoms with Crippen LogP contribution in [0.3, 0.4) is 0 Å². The zero-order valence-corrected chi connectivity index (χ0v) is 19.2. The number of hydrogen-bond donors (Lipinski definition) is 3. The van der Waals surface area contributed by atoms with Gasteiger partial charge in [-0.15, -0.1) is 0 Å². The van der Waals surface area contributed by atoms with Crippen LogP contribution in [0.15, 0.2) is 54.7 Å². The number of imidazole rings is 1. The number of aromatic amines is 1. The van der Waals surface area contributed by atoms with Crippen molar-refractivity contribution in [1.82, 2.24) is 25.2 Å². The van der Waals surface area contributed by atoms with Crippen LogP contribution in [0.2, 0.25) is 0 Å². The van der Waals surface area contributed by atoms with Crippen LogP contribution < -0.4 is 10.1 Å². The minimum atomic E-state index is -0.0884. The number of piperidine rings is 1. The number of ether oxygens (including phenoxy) is 1. The van der Waals surface area contributed by atoms with Crippen LogP contribution in [0, 0.1) is 0 Å². The molecule has 1 amide bonds. The minimum Gasteiger partial charge on any atom is -0.507 e. The van der Waals surface area contributed by atoms with E-state index in [2.05, 4.69) is 32.2 Å². The maximum atomic E-state index is 12.8. The number of aromatic nitrogens is 3. The number of phenols is 1.